The average Bonchev–Trinajstić information content (AvgIpc) is 3.11. The van der Waals surface area contributed by atoms with Crippen LogP contribution >= 0.6 is 30.1 Å². The zero-order valence-corrected chi connectivity index (χ0v) is 17.3. The molecule has 1 N–H and O–H groups in total. The van der Waals surface area contributed by atoms with Crippen LogP contribution in [0, 0.1) is 0 Å². The van der Waals surface area contributed by atoms with Crippen molar-refractivity contribution in [3.05, 3.63) is 54.5 Å². The topological polar surface area (TPSA) is 60.2 Å². The Morgan fingerprint density at radius 3 is 2.43 bits per heavy atom. The minimum atomic E-state index is -4.54. The van der Waals surface area contributed by atoms with Crippen molar-refractivity contribution in [2.45, 2.75) is 12.9 Å². The molecule has 0 radical (unpaired) electrons. The molecule has 0 saturated carbocycles. The SMILES string of the molecule is Oc1ccc(-c2ccc(-c3nc(C(F)(F)F)cn3COCCSI)cn2)cc1. The van der Waals surface area contributed by atoms with E-state index in [4.69, 9.17) is 4.74 Å². The first-order chi connectivity index (χ1) is 13.4. The van der Waals surface area contributed by atoms with Gasteiger partial charge in [-0.15, -0.1) is 0 Å². The number of benzene rings is 1. The molecule has 3 aromatic rings. The van der Waals surface area contributed by atoms with Crippen LogP contribution in [0.5, 0.6) is 5.75 Å². The van der Waals surface area contributed by atoms with Gasteiger partial charge < -0.3 is 14.4 Å². The van der Waals surface area contributed by atoms with Crippen molar-refractivity contribution in [1.82, 2.24) is 14.5 Å². The summed E-state index contributed by atoms with van der Waals surface area (Å²) in [7, 11) is 1.56. The molecule has 0 spiro atoms. The molecule has 148 valence electrons. The number of nitrogens with zero attached hydrogens (tertiary/aromatic N) is 3. The molecule has 2 aromatic heterocycles. The van der Waals surface area contributed by atoms with Gasteiger partial charge in [0.2, 0.25) is 0 Å². The first kappa shape index (κ1) is 20.9. The number of pyridine rings is 1. The molecule has 0 aliphatic rings. The second-order valence-corrected chi connectivity index (χ2v) is 8.24. The third kappa shape index (κ3) is 5.17. The van der Waals surface area contributed by atoms with E-state index in [1.54, 1.807) is 45.3 Å². The third-order valence-electron chi connectivity index (χ3n) is 3.79. The first-order valence-electron chi connectivity index (χ1n) is 8.10. The van der Waals surface area contributed by atoms with E-state index in [9.17, 15) is 18.3 Å². The van der Waals surface area contributed by atoms with Crippen LogP contribution in [0.2, 0.25) is 0 Å². The van der Waals surface area contributed by atoms with Crippen LogP contribution in [0.3, 0.4) is 0 Å². The van der Waals surface area contributed by atoms with E-state index < -0.39 is 11.9 Å². The number of hydrogen-bond acceptors (Lipinski definition) is 5. The molecule has 0 saturated heterocycles. The fourth-order valence-electron chi connectivity index (χ4n) is 2.46. The smallest absolute Gasteiger partial charge is 0.434 e. The molecule has 3 rings (SSSR count). The number of phenolic OH excluding ortho intramolecular Hbond substituents is 1. The monoisotopic (exact) mass is 521 g/mol. The lowest BCUT2D eigenvalue weighted by Gasteiger charge is -2.09. The molecule has 0 unspecified atom stereocenters. The molecule has 0 aliphatic carbocycles. The summed E-state index contributed by atoms with van der Waals surface area (Å²) in [6, 6.07) is 9.85. The van der Waals surface area contributed by atoms with E-state index in [0.717, 1.165) is 17.5 Å². The Hall–Kier alpha value is -1.79. The Balaban J connectivity index is 1.88. The van der Waals surface area contributed by atoms with Gasteiger partial charge in [-0.2, -0.15) is 13.2 Å². The fraction of sp³-hybridized carbons (Fsp3) is 0.222. The number of hydrogen-bond donors (Lipinski definition) is 1. The Bertz CT molecular complexity index is 915. The Kier molecular flexibility index (Phi) is 6.83. The second-order valence-electron chi connectivity index (χ2n) is 5.75. The maximum atomic E-state index is 13.1. The summed E-state index contributed by atoms with van der Waals surface area (Å²) in [5, 5.41) is 9.36. The molecule has 0 atom stereocenters. The van der Waals surface area contributed by atoms with Crippen molar-refractivity contribution in [3.63, 3.8) is 0 Å². The number of rotatable bonds is 7. The van der Waals surface area contributed by atoms with Crippen molar-refractivity contribution in [2.75, 3.05) is 12.4 Å². The highest BCUT2D eigenvalue weighted by molar-refractivity contribution is 14.2. The molecule has 0 fully saturated rings. The van der Waals surface area contributed by atoms with E-state index in [1.165, 1.54) is 10.8 Å². The van der Waals surface area contributed by atoms with E-state index in [-0.39, 0.29) is 18.3 Å². The number of alkyl halides is 3. The Morgan fingerprint density at radius 1 is 1.11 bits per heavy atom. The lowest BCUT2D eigenvalue weighted by Crippen LogP contribution is -2.06. The van der Waals surface area contributed by atoms with Gasteiger partial charge in [-0.25, -0.2) is 4.98 Å². The minimum absolute atomic E-state index is 0.0324. The molecular formula is C18H15F3IN3O2S. The molecular weight excluding hydrogens is 506 g/mol. The van der Waals surface area contributed by atoms with Crippen LogP contribution in [0.25, 0.3) is 22.6 Å². The number of aromatic nitrogens is 3. The Labute approximate surface area is 175 Å². The predicted octanol–water partition coefficient (Wildman–Crippen LogP) is 5.39. The van der Waals surface area contributed by atoms with Gasteiger partial charge in [0.15, 0.2) is 5.69 Å². The highest BCUT2D eigenvalue weighted by Crippen LogP contribution is 2.31. The average molecular weight is 521 g/mol. The van der Waals surface area contributed by atoms with Crippen LogP contribution in [0.15, 0.2) is 48.8 Å². The highest BCUT2D eigenvalue weighted by Gasteiger charge is 2.35. The molecule has 10 heteroatoms. The molecule has 5 nitrogen and oxygen atoms in total. The maximum Gasteiger partial charge on any atom is 0.434 e. The summed E-state index contributed by atoms with van der Waals surface area (Å²) < 4.78 is 46.1. The van der Waals surface area contributed by atoms with E-state index in [2.05, 4.69) is 31.2 Å². The van der Waals surface area contributed by atoms with Crippen molar-refractivity contribution in [3.8, 4) is 28.4 Å². The summed E-state index contributed by atoms with van der Waals surface area (Å²) >= 11 is 2.13. The van der Waals surface area contributed by atoms with E-state index in [1.807, 2.05) is 0 Å². The first-order valence-corrected chi connectivity index (χ1v) is 11.6. The van der Waals surface area contributed by atoms with Crippen molar-refractivity contribution in [1.29, 1.82) is 0 Å². The molecule has 0 amide bonds. The Morgan fingerprint density at radius 2 is 1.82 bits per heavy atom. The van der Waals surface area contributed by atoms with Gasteiger partial charge >= 0.3 is 6.18 Å². The van der Waals surface area contributed by atoms with Gasteiger partial charge in [-0.1, -0.05) is 8.93 Å². The number of ether oxygens (including phenoxy) is 1. The summed E-state index contributed by atoms with van der Waals surface area (Å²) in [6.45, 7) is 0.389. The van der Waals surface area contributed by atoms with Crippen LogP contribution in [0.1, 0.15) is 5.69 Å². The second kappa shape index (κ2) is 9.14. The van der Waals surface area contributed by atoms with Crippen LogP contribution in [0.4, 0.5) is 13.2 Å². The quantitative estimate of drug-likeness (QED) is 0.334. The van der Waals surface area contributed by atoms with Crippen molar-refractivity contribution < 1.29 is 23.0 Å². The molecule has 28 heavy (non-hydrogen) atoms. The van der Waals surface area contributed by atoms with Gasteiger partial charge in [0.05, 0.1) is 12.3 Å². The lowest BCUT2D eigenvalue weighted by atomic mass is 10.1. The van der Waals surface area contributed by atoms with Crippen LogP contribution in [-0.2, 0) is 17.6 Å². The summed E-state index contributed by atoms with van der Waals surface area (Å²) in [6.07, 6.45) is -2.13. The van der Waals surface area contributed by atoms with Gasteiger partial charge in [-0.3, -0.25) is 4.98 Å². The van der Waals surface area contributed by atoms with Crippen molar-refractivity contribution >= 4 is 30.1 Å². The number of aromatic hydroxyl groups is 1. The number of phenols is 1. The molecule has 0 aliphatic heterocycles. The predicted molar refractivity (Wildman–Crippen MR) is 110 cm³/mol. The van der Waals surface area contributed by atoms with Crippen LogP contribution < -0.4 is 0 Å². The fourth-order valence-corrected chi connectivity index (χ4v) is 3.18. The highest BCUT2D eigenvalue weighted by atomic mass is 127. The zero-order valence-electron chi connectivity index (χ0n) is 14.4. The number of halogens is 4. The lowest BCUT2D eigenvalue weighted by molar-refractivity contribution is -0.141. The van der Waals surface area contributed by atoms with Gasteiger partial charge in [-0.05, 0) is 57.6 Å². The van der Waals surface area contributed by atoms with E-state index >= 15 is 0 Å². The van der Waals surface area contributed by atoms with Gasteiger partial charge in [0, 0.05) is 29.3 Å². The summed E-state index contributed by atoms with van der Waals surface area (Å²) in [4.78, 5) is 8.06. The standard InChI is InChI=1S/C18H15F3IN3O2S/c19-18(20,21)16-10-25(11-27-7-8-28-22)17(24-16)13-3-6-15(23-9-13)12-1-4-14(26)5-2-12/h1-6,9-10,26H,7-8,11H2. The maximum absolute atomic E-state index is 13.1. The van der Waals surface area contributed by atoms with E-state index in [0.29, 0.717) is 17.9 Å². The number of imidazole rings is 1. The minimum Gasteiger partial charge on any atom is -0.508 e. The summed E-state index contributed by atoms with van der Waals surface area (Å²) in [5.41, 5.74) is 0.887. The molecule has 0 bridgehead atoms. The van der Waals surface area contributed by atoms with Crippen molar-refractivity contribution in [2.24, 2.45) is 0 Å². The van der Waals surface area contributed by atoms with Gasteiger partial charge in [0.1, 0.15) is 18.3 Å². The summed E-state index contributed by atoms with van der Waals surface area (Å²) in [5.74, 6) is 1.02. The molecule has 2 heterocycles. The zero-order chi connectivity index (χ0) is 20.1. The normalized spacial score (nSPS) is 11.7. The third-order valence-corrected chi connectivity index (χ3v) is 5.43. The van der Waals surface area contributed by atoms with Crippen LogP contribution in [-0.4, -0.2) is 32.0 Å². The molecule has 1 aromatic carbocycles. The largest absolute Gasteiger partial charge is 0.508 e. The van der Waals surface area contributed by atoms with Gasteiger partial charge in [0.25, 0.3) is 0 Å².